The number of nitrogens with zero attached hydrogens (tertiary/aromatic N) is 1. The molecule has 0 aliphatic carbocycles. The lowest BCUT2D eigenvalue weighted by molar-refractivity contribution is 0.0924. The number of anilines is 2. The van der Waals surface area contributed by atoms with E-state index in [-0.39, 0.29) is 17.1 Å². The second-order valence-electron chi connectivity index (χ2n) is 5.43. The molecule has 124 valence electrons. The summed E-state index contributed by atoms with van der Waals surface area (Å²) in [6.07, 6.45) is 7.46. The zero-order valence-electron chi connectivity index (χ0n) is 13.4. The first-order valence-corrected chi connectivity index (χ1v) is 7.36. The highest BCUT2D eigenvalue weighted by atomic mass is 19.1. The minimum Gasteiger partial charge on any atom is -0.337 e. The Bertz CT molecular complexity index is 801. The molecule has 0 bridgehead atoms. The second-order valence-corrected chi connectivity index (χ2v) is 5.43. The topological polar surface area (TPSA) is 54.0 Å². The third-order valence-electron chi connectivity index (χ3n) is 3.65. The number of pyridine rings is 1. The normalized spacial score (nSPS) is 12.8. The van der Waals surface area contributed by atoms with Crippen LogP contribution in [0.2, 0.25) is 0 Å². The second kappa shape index (κ2) is 7.09. The van der Waals surface area contributed by atoms with Crippen molar-refractivity contribution >= 4 is 17.4 Å². The van der Waals surface area contributed by atoms with E-state index >= 15 is 0 Å². The molecule has 2 aromatic rings. The van der Waals surface area contributed by atoms with Crippen molar-refractivity contribution in [2.75, 3.05) is 5.32 Å². The number of benzene rings is 1. The predicted molar refractivity (Wildman–Crippen MR) is 88.9 cm³/mol. The molecule has 0 aliphatic heterocycles. The zero-order chi connectivity index (χ0) is 17.7. The molecule has 0 spiro atoms. The number of carbonyl (C=O) groups is 1. The maximum Gasteiger partial charge on any atom is 0.256 e. The van der Waals surface area contributed by atoms with E-state index < -0.39 is 23.1 Å². The summed E-state index contributed by atoms with van der Waals surface area (Å²) < 4.78 is 26.8. The van der Waals surface area contributed by atoms with Crippen molar-refractivity contribution in [3.63, 3.8) is 0 Å². The molecule has 2 N–H and O–H groups in total. The Balaban J connectivity index is 2.31. The molecule has 0 radical (unpaired) electrons. The number of amides is 1. The average molecular weight is 329 g/mol. The molecule has 0 aliphatic rings. The first kappa shape index (κ1) is 17.4. The maximum absolute atomic E-state index is 13.8. The van der Waals surface area contributed by atoms with Gasteiger partial charge in [0.1, 0.15) is 17.5 Å². The molecule has 0 saturated carbocycles. The summed E-state index contributed by atoms with van der Waals surface area (Å²) in [5, 5.41) is 5.46. The van der Waals surface area contributed by atoms with Gasteiger partial charge in [-0.25, -0.2) is 13.8 Å². The average Bonchev–Trinajstić information content (AvgIpc) is 2.57. The summed E-state index contributed by atoms with van der Waals surface area (Å²) >= 11 is 0. The molecular weight excluding hydrogens is 312 g/mol. The molecule has 2 rings (SSSR count). The van der Waals surface area contributed by atoms with E-state index in [1.807, 2.05) is 6.92 Å². The van der Waals surface area contributed by atoms with Crippen LogP contribution in [0.15, 0.2) is 36.5 Å². The highest BCUT2D eigenvalue weighted by Gasteiger charge is 2.24. The number of halogens is 2. The molecule has 0 saturated heterocycles. The molecular formula is C18H17F2N3O. The Hall–Kier alpha value is -2.94. The van der Waals surface area contributed by atoms with Crippen LogP contribution in [0.5, 0.6) is 0 Å². The van der Waals surface area contributed by atoms with Crippen molar-refractivity contribution in [2.45, 2.75) is 25.8 Å². The predicted octanol–water partition coefficient (Wildman–Crippen LogP) is 3.64. The molecule has 1 amide bonds. The fourth-order valence-electron chi connectivity index (χ4n) is 1.95. The van der Waals surface area contributed by atoms with Gasteiger partial charge in [-0.15, -0.1) is 6.42 Å². The van der Waals surface area contributed by atoms with Crippen LogP contribution in [0, 0.1) is 24.0 Å². The Morgan fingerprint density at radius 1 is 1.38 bits per heavy atom. The quantitative estimate of drug-likeness (QED) is 0.824. The van der Waals surface area contributed by atoms with Crippen molar-refractivity contribution in [1.29, 1.82) is 0 Å². The van der Waals surface area contributed by atoms with Gasteiger partial charge in [-0.2, -0.15) is 0 Å². The van der Waals surface area contributed by atoms with Gasteiger partial charge in [0.15, 0.2) is 0 Å². The van der Waals surface area contributed by atoms with Gasteiger partial charge >= 0.3 is 0 Å². The van der Waals surface area contributed by atoms with E-state index in [2.05, 4.69) is 21.5 Å². The van der Waals surface area contributed by atoms with Gasteiger partial charge in [-0.3, -0.25) is 4.79 Å². The van der Waals surface area contributed by atoms with Crippen molar-refractivity contribution < 1.29 is 13.6 Å². The van der Waals surface area contributed by atoms with Crippen LogP contribution in [0.3, 0.4) is 0 Å². The first-order chi connectivity index (χ1) is 11.4. The van der Waals surface area contributed by atoms with Gasteiger partial charge in [0.05, 0.1) is 16.8 Å². The standard InChI is InChI=1S/C18H17F2N3O/c1-4-18(3,5-2)23-17(24)13-7-6-10-21-16(13)22-15-9-8-12(19)11-14(15)20/h1,6-11H,5H2,2-3H3,(H,21,22)(H,23,24)/t18-/m0/s1. The smallest absolute Gasteiger partial charge is 0.256 e. The van der Waals surface area contributed by atoms with E-state index in [1.54, 1.807) is 19.1 Å². The van der Waals surface area contributed by atoms with E-state index in [0.717, 1.165) is 12.1 Å². The van der Waals surface area contributed by atoms with Gasteiger partial charge in [0, 0.05) is 12.3 Å². The van der Waals surface area contributed by atoms with Crippen LogP contribution in [-0.2, 0) is 0 Å². The molecule has 1 aromatic heterocycles. The highest BCUT2D eigenvalue weighted by Crippen LogP contribution is 2.22. The first-order valence-electron chi connectivity index (χ1n) is 7.36. The van der Waals surface area contributed by atoms with Gasteiger partial charge in [-0.05, 0) is 37.6 Å². The molecule has 0 fully saturated rings. The van der Waals surface area contributed by atoms with E-state index in [1.165, 1.54) is 12.3 Å². The zero-order valence-corrected chi connectivity index (χ0v) is 13.4. The highest BCUT2D eigenvalue weighted by molar-refractivity contribution is 6.00. The lowest BCUT2D eigenvalue weighted by Crippen LogP contribution is -2.44. The summed E-state index contributed by atoms with van der Waals surface area (Å²) in [7, 11) is 0. The van der Waals surface area contributed by atoms with E-state index in [0.29, 0.717) is 6.42 Å². The fourth-order valence-corrected chi connectivity index (χ4v) is 1.95. The van der Waals surface area contributed by atoms with Crippen LogP contribution in [0.1, 0.15) is 30.6 Å². The van der Waals surface area contributed by atoms with Gasteiger partial charge in [0.2, 0.25) is 0 Å². The van der Waals surface area contributed by atoms with Crippen LogP contribution in [0.4, 0.5) is 20.3 Å². The Kier molecular flexibility index (Phi) is 5.14. The summed E-state index contributed by atoms with van der Waals surface area (Å²) in [5.74, 6) is 0.780. The molecule has 1 heterocycles. The maximum atomic E-state index is 13.8. The lowest BCUT2D eigenvalue weighted by atomic mass is 9.99. The molecule has 1 atom stereocenters. The van der Waals surface area contributed by atoms with Crippen LogP contribution in [-0.4, -0.2) is 16.4 Å². The number of aromatic nitrogens is 1. The van der Waals surface area contributed by atoms with E-state index in [4.69, 9.17) is 6.42 Å². The number of rotatable bonds is 5. The Morgan fingerprint density at radius 3 is 2.75 bits per heavy atom. The van der Waals surface area contributed by atoms with Crippen LogP contribution >= 0.6 is 0 Å². The van der Waals surface area contributed by atoms with Crippen molar-refractivity contribution in [3.05, 3.63) is 53.7 Å². The summed E-state index contributed by atoms with van der Waals surface area (Å²) in [4.78, 5) is 16.5. The monoisotopic (exact) mass is 329 g/mol. The minimum absolute atomic E-state index is 0.0133. The number of nitrogens with one attached hydrogen (secondary N) is 2. The molecule has 24 heavy (non-hydrogen) atoms. The minimum atomic E-state index is -0.800. The van der Waals surface area contributed by atoms with Crippen LogP contribution in [0.25, 0.3) is 0 Å². The van der Waals surface area contributed by atoms with Crippen molar-refractivity contribution in [2.24, 2.45) is 0 Å². The van der Waals surface area contributed by atoms with E-state index in [9.17, 15) is 13.6 Å². The molecule has 6 heteroatoms. The Labute approximate surface area is 139 Å². The van der Waals surface area contributed by atoms with Gasteiger partial charge < -0.3 is 10.6 Å². The van der Waals surface area contributed by atoms with Gasteiger partial charge in [-0.1, -0.05) is 12.8 Å². The number of hydrogen-bond donors (Lipinski definition) is 2. The lowest BCUT2D eigenvalue weighted by Gasteiger charge is -2.24. The summed E-state index contributed by atoms with van der Waals surface area (Å²) in [6, 6.07) is 6.22. The summed E-state index contributed by atoms with van der Waals surface area (Å²) in [5.41, 5.74) is -0.582. The van der Waals surface area contributed by atoms with Crippen molar-refractivity contribution in [3.8, 4) is 12.3 Å². The molecule has 4 nitrogen and oxygen atoms in total. The summed E-state index contributed by atoms with van der Waals surface area (Å²) in [6.45, 7) is 3.59. The van der Waals surface area contributed by atoms with Crippen molar-refractivity contribution in [1.82, 2.24) is 10.3 Å². The Morgan fingerprint density at radius 2 is 2.12 bits per heavy atom. The third-order valence-corrected chi connectivity index (χ3v) is 3.65. The van der Waals surface area contributed by atoms with Crippen LogP contribution < -0.4 is 10.6 Å². The fraction of sp³-hybridized carbons (Fsp3) is 0.222. The SMILES string of the molecule is C#C[C@@](C)(CC)NC(=O)c1cccnc1Nc1ccc(F)cc1F. The number of carbonyl (C=O) groups excluding carboxylic acids is 1. The molecule has 1 aromatic carbocycles. The molecule has 0 unspecified atom stereocenters. The number of hydrogen-bond acceptors (Lipinski definition) is 3. The van der Waals surface area contributed by atoms with Gasteiger partial charge in [0.25, 0.3) is 5.91 Å². The third kappa shape index (κ3) is 3.87. The largest absolute Gasteiger partial charge is 0.337 e. The number of terminal acetylenes is 1.